The number of hydrogen-bond acceptors (Lipinski definition) is 5. The minimum absolute atomic E-state index is 0.000427. The SMILES string of the molecule is O=C1Nc2ccc(-c3nn[nH]n3)cc2CCC1NI. The number of amides is 1. The number of nitrogens with one attached hydrogen (secondary N) is 3. The second-order valence-electron chi connectivity index (χ2n) is 4.30. The molecule has 1 aliphatic heterocycles. The van der Waals surface area contributed by atoms with E-state index in [4.69, 9.17) is 0 Å². The summed E-state index contributed by atoms with van der Waals surface area (Å²) >= 11 is 2.01. The van der Waals surface area contributed by atoms with Crippen molar-refractivity contribution >= 4 is 34.5 Å². The van der Waals surface area contributed by atoms with Gasteiger partial charge in [0.2, 0.25) is 11.7 Å². The molecule has 0 aliphatic carbocycles. The highest BCUT2D eigenvalue weighted by Gasteiger charge is 2.22. The highest BCUT2D eigenvalue weighted by Crippen LogP contribution is 2.26. The van der Waals surface area contributed by atoms with Crippen LogP contribution in [-0.2, 0) is 11.2 Å². The number of carbonyl (C=O) groups excluding carboxylic acids is 1. The van der Waals surface area contributed by atoms with Gasteiger partial charge in [0.15, 0.2) is 0 Å². The summed E-state index contributed by atoms with van der Waals surface area (Å²) in [5, 5.41) is 16.8. The fraction of sp³-hybridized carbons (Fsp3) is 0.273. The smallest absolute Gasteiger partial charge is 0.242 e. The first-order valence-corrected chi connectivity index (χ1v) is 6.89. The minimum atomic E-state index is -0.165. The molecule has 0 saturated heterocycles. The van der Waals surface area contributed by atoms with E-state index in [2.05, 4.69) is 29.5 Å². The number of tetrazole rings is 1. The van der Waals surface area contributed by atoms with Gasteiger partial charge in [-0.2, -0.15) is 5.21 Å². The van der Waals surface area contributed by atoms with Gasteiger partial charge in [-0.25, -0.2) is 3.53 Å². The number of H-pyrrole nitrogens is 1. The molecule has 8 heteroatoms. The summed E-state index contributed by atoms with van der Waals surface area (Å²) < 4.78 is 2.99. The van der Waals surface area contributed by atoms with Crippen LogP contribution in [0.15, 0.2) is 18.2 Å². The van der Waals surface area contributed by atoms with Crippen molar-refractivity contribution in [3.8, 4) is 11.4 Å². The Morgan fingerprint density at radius 3 is 3.05 bits per heavy atom. The Morgan fingerprint density at radius 1 is 1.42 bits per heavy atom. The van der Waals surface area contributed by atoms with Crippen molar-refractivity contribution in [2.45, 2.75) is 18.9 Å². The lowest BCUT2D eigenvalue weighted by Crippen LogP contribution is -2.34. The number of halogens is 1. The van der Waals surface area contributed by atoms with E-state index < -0.39 is 0 Å². The average molecular weight is 370 g/mol. The molecule has 1 atom stereocenters. The van der Waals surface area contributed by atoms with Gasteiger partial charge in [0.1, 0.15) is 0 Å². The van der Waals surface area contributed by atoms with E-state index >= 15 is 0 Å². The predicted octanol–water partition coefficient (Wildman–Crippen LogP) is 1.06. The second-order valence-corrected chi connectivity index (χ2v) is 4.92. The molecule has 1 unspecified atom stereocenters. The largest absolute Gasteiger partial charge is 0.324 e. The third-order valence-electron chi connectivity index (χ3n) is 3.12. The van der Waals surface area contributed by atoms with E-state index in [1.807, 2.05) is 41.1 Å². The molecule has 1 aromatic carbocycles. The number of benzene rings is 1. The van der Waals surface area contributed by atoms with Crippen molar-refractivity contribution in [1.82, 2.24) is 24.2 Å². The number of aromatic amines is 1. The second kappa shape index (κ2) is 5.21. The van der Waals surface area contributed by atoms with Crippen LogP contribution in [0.2, 0.25) is 0 Å². The summed E-state index contributed by atoms with van der Waals surface area (Å²) in [6.07, 6.45) is 1.58. The highest BCUT2D eigenvalue weighted by molar-refractivity contribution is 14.1. The quantitative estimate of drug-likeness (QED) is 0.543. The highest BCUT2D eigenvalue weighted by atomic mass is 127. The van der Waals surface area contributed by atoms with E-state index in [9.17, 15) is 4.79 Å². The summed E-state index contributed by atoms with van der Waals surface area (Å²) in [6.45, 7) is 0. The monoisotopic (exact) mass is 370 g/mol. The number of anilines is 1. The average Bonchev–Trinajstić information content (AvgIpc) is 2.89. The zero-order valence-corrected chi connectivity index (χ0v) is 12.0. The van der Waals surface area contributed by atoms with E-state index in [1.165, 1.54) is 0 Å². The minimum Gasteiger partial charge on any atom is -0.324 e. The fourth-order valence-corrected chi connectivity index (χ4v) is 2.69. The number of fused-ring (bicyclic) bond motifs is 1. The molecule has 3 N–H and O–H groups in total. The van der Waals surface area contributed by atoms with E-state index in [0.717, 1.165) is 29.7 Å². The molecule has 1 amide bonds. The zero-order chi connectivity index (χ0) is 13.2. The normalized spacial score (nSPS) is 18.6. The maximum absolute atomic E-state index is 11.9. The van der Waals surface area contributed by atoms with Gasteiger partial charge in [-0.3, -0.25) is 4.79 Å². The Hall–Kier alpha value is -1.55. The van der Waals surface area contributed by atoms with Gasteiger partial charge < -0.3 is 5.32 Å². The standard InChI is InChI=1S/C11H11IN6O/c12-14-9-4-1-6-5-7(10-15-17-18-16-10)2-3-8(6)13-11(9)19/h2-3,5,9,14H,1,4H2,(H,13,19)(H,15,16,17,18). The molecule has 0 saturated carbocycles. The first-order valence-electron chi connectivity index (χ1n) is 5.81. The lowest BCUT2D eigenvalue weighted by Gasteiger charge is -2.09. The van der Waals surface area contributed by atoms with Gasteiger partial charge in [0.05, 0.1) is 6.04 Å². The summed E-state index contributed by atoms with van der Waals surface area (Å²) in [7, 11) is 0. The van der Waals surface area contributed by atoms with Crippen LogP contribution in [0.3, 0.4) is 0 Å². The molecule has 7 nitrogen and oxygen atoms in total. The molecule has 0 fully saturated rings. The Morgan fingerprint density at radius 2 is 2.32 bits per heavy atom. The van der Waals surface area contributed by atoms with Crippen molar-refractivity contribution in [3.63, 3.8) is 0 Å². The molecule has 0 radical (unpaired) electrons. The molecular weight excluding hydrogens is 359 g/mol. The van der Waals surface area contributed by atoms with Gasteiger partial charge in [-0.15, -0.1) is 10.2 Å². The number of rotatable bonds is 2. The van der Waals surface area contributed by atoms with Crippen LogP contribution in [0.25, 0.3) is 11.4 Å². The number of nitrogens with zero attached hydrogens (tertiary/aromatic N) is 3. The van der Waals surface area contributed by atoms with Gasteiger partial charge in [0.25, 0.3) is 0 Å². The number of hydrogen-bond donors (Lipinski definition) is 3. The Kier molecular flexibility index (Phi) is 3.42. The molecule has 2 heterocycles. The van der Waals surface area contributed by atoms with Crippen LogP contribution in [0.1, 0.15) is 12.0 Å². The first-order chi connectivity index (χ1) is 9.28. The number of aryl methyl sites for hydroxylation is 1. The van der Waals surface area contributed by atoms with Crippen LogP contribution in [0, 0.1) is 0 Å². The predicted molar refractivity (Wildman–Crippen MR) is 77.5 cm³/mol. The maximum atomic E-state index is 11.9. The van der Waals surface area contributed by atoms with Gasteiger partial charge in [-0.05, 0) is 41.8 Å². The van der Waals surface area contributed by atoms with Crippen LogP contribution >= 0.6 is 22.9 Å². The molecule has 1 aliphatic rings. The molecule has 2 aromatic rings. The third-order valence-corrected chi connectivity index (χ3v) is 3.87. The Labute approximate surface area is 123 Å². The third kappa shape index (κ3) is 2.45. The Balaban J connectivity index is 1.95. The van der Waals surface area contributed by atoms with Crippen LogP contribution in [-0.4, -0.2) is 32.6 Å². The summed E-state index contributed by atoms with van der Waals surface area (Å²) in [4.78, 5) is 11.9. The lowest BCUT2D eigenvalue weighted by molar-refractivity contribution is -0.117. The van der Waals surface area contributed by atoms with Crippen LogP contribution < -0.4 is 8.85 Å². The molecule has 98 valence electrons. The van der Waals surface area contributed by atoms with Gasteiger partial charge in [-0.1, -0.05) is 0 Å². The molecule has 0 spiro atoms. The molecule has 3 rings (SSSR count). The molecule has 19 heavy (non-hydrogen) atoms. The van der Waals surface area contributed by atoms with Crippen molar-refractivity contribution in [1.29, 1.82) is 0 Å². The van der Waals surface area contributed by atoms with Crippen LogP contribution in [0.4, 0.5) is 5.69 Å². The number of aromatic nitrogens is 4. The molecular formula is C11H11IN6O. The van der Waals surface area contributed by atoms with Crippen molar-refractivity contribution in [3.05, 3.63) is 23.8 Å². The van der Waals surface area contributed by atoms with Gasteiger partial charge in [0, 0.05) is 34.1 Å². The first kappa shape index (κ1) is 12.5. The number of carbonyl (C=O) groups is 1. The fourth-order valence-electron chi connectivity index (χ4n) is 2.10. The Bertz CT molecular complexity index is 599. The van der Waals surface area contributed by atoms with Crippen molar-refractivity contribution in [2.75, 3.05) is 5.32 Å². The lowest BCUT2D eigenvalue weighted by atomic mass is 10.0. The zero-order valence-electron chi connectivity index (χ0n) is 9.85. The van der Waals surface area contributed by atoms with E-state index in [-0.39, 0.29) is 11.9 Å². The topological polar surface area (TPSA) is 95.6 Å². The summed E-state index contributed by atoms with van der Waals surface area (Å²) in [5.41, 5.74) is 2.83. The van der Waals surface area contributed by atoms with Gasteiger partial charge >= 0.3 is 0 Å². The van der Waals surface area contributed by atoms with Crippen molar-refractivity contribution in [2.24, 2.45) is 0 Å². The maximum Gasteiger partial charge on any atom is 0.242 e. The van der Waals surface area contributed by atoms with E-state index in [0.29, 0.717) is 5.82 Å². The molecule has 0 bridgehead atoms. The van der Waals surface area contributed by atoms with E-state index in [1.54, 1.807) is 0 Å². The van der Waals surface area contributed by atoms with Crippen molar-refractivity contribution < 1.29 is 4.79 Å². The summed E-state index contributed by atoms with van der Waals surface area (Å²) in [6, 6.07) is 5.59. The van der Waals surface area contributed by atoms with Crippen LogP contribution in [0.5, 0.6) is 0 Å². The summed E-state index contributed by atoms with van der Waals surface area (Å²) in [5.74, 6) is 0.558. The molecule has 1 aromatic heterocycles.